The summed E-state index contributed by atoms with van der Waals surface area (Å²) < 4.78 is 0. The molecule has 0 saturated carbocycles. The van der Waals surface area contributed by atoms with Crippen LogP contribution in [0.2, 0.25) is 0 Å². The molecule has 0 aliphatic heterocycles. The van der Waals surface area contributed by atoms with Gasteiger partial charge in [0.1, 0.15) is 6.42 Å². The number of ketones is 1. The molecule has 3 nitrogen and oxygen atoms in total. The van der Waals surface area contributed by atoms with Crippen molar-refractivity contribution in [3.8, 4) is 0 Å². The zero-order chi connectivity index (χ0) is 10.3. The Morgan fingerprint density at radius 2 is 2.00 bits per heavy atom. The van der Waals surface area contributed by atoms with Crippen LogP contribution in [-0.2, 0) is 9.59 Å². The van der Waals surface area contributed by atoms with Gasteiger partial charge in [-0.15, -0.1) is 0 Å². The lowest BCUT2D eigenvalue weighted by Crippen LogP contribution is -2.20. The molecule has 0 radical (unpaired) electrons. The van der Waals surface area contributed by atoms with Gasteiger partial charge < -0.3 is 5.11 Å². The van der Waals surface area contributed by atoms with Crippen molar-refractivity contribution >= 4 is 23.5 Å². The van der Waals surface area contributed by atoms with Gasteiger partial charge in [-0.05, 0) is 18.6 Å². The summed E-state index contributed by atoms with van der Waals surface area (Å²) in [5.41, 5.74) is 0. The van der Waals surface area contributed by atoms with Gasteiger partial charge in [0.25, 0.3) is 0 Å². The highest BCUT2D eigenvalue weighted by atomic mass is 32.2. The number of carboxylic acids is 1. The minimum absolute atomic E-state index is 0.129. The molecule has 76 valence electrons. The third-order valence-corrected chi connectivity index (χ3v) is 3.22. The van der Waals surface area contributed by atoms with E-state index in [4.69, 9.17) is 5.11 Å². The molecule has 4 heteroatoms. The van der Waals surface area contributed by atoms with Crippen LogP contribution >= 0.6 is 11.8 Å². The van der Waals surface area contributed by atoms with E-state index >= 15 is 0 Å². The first-order valence-corrected chi connectivity index (χ1v) is 5.52. The molecule has 0 aliphatic rings. The Morgan fingerprint density at radius 3 is 2.38 bits per heavy atom. The van der Waals surface area contributed by atoms with Crippen LogP contribution in [-0.4, -0.2) is 27.9 Å². The molecule has 0 fully saturated rings. The van der Waals surface area contributed by atoms with Crippen LogP contribution in [0.25, 0.3) is 0 Å². The molecule has 0 aromatic rings. The standard InChI is InChI=1S/C9H16O3S/c1-3-5-13-8(4-2)7(10)6-9(11)12/h8H,3-6H2,1-2H3,(H,11,12). The molecular weight excluding hydrogens is 188 g/mol. The minimum Gasteiger partial charge on any atom is -0.481 e. The van der Waals surface area contributed by atoms with E-state index in [1.54, 1.807) is 11.8 Å². The lowest BCUT2D eigenvalue weighted by atomic mass is 10.2. The van der Waals surface area contributed by atoms with Crippen molar-refractivity contribution in [2.24, 2.45) is 0 Å². The molecule has 0 amide bonds. The van der Waals surface area contributed by atoms with Gasteiger partial charge in [0.15, 0.2) is 5.78 Å². The van der Waals surface area contributed by atoms with E-state index in [9.17, 15) is 9.59 Å². The highest BCUT2D eigenvalue weighted by molar-refractivity contribution is 8.00. The second kappa shape index (κ2) is 6.95. The summed E-state index contributed by atoms with van der Waals surface area (Å²) in [5.74, 6) is -0.266. The molecule has 0 saturated heterocycles. The summed E-state index contributed by atoms with van der Waals surface area (Å²) in [6.07, 6.45) is 1.40. The van der Waals surface area contributed by atoms with Crippen LogP contribution in [0.3, 0.4) is 0 Å². The Balaban J connectivity index is 3.91. The lowest BCUT2D eigenvalue weighted by Gasteiger charge is -2.10. The zero-order valence-electron chi connectivity index (χ0n) is 8.08. The molecule has 0 aromatic heterocycles. The third-order valence-electron chi connectivity index (χ3n) is 1.58. The molecule has 0 rings (SSSR count). The van der Waals surface area contributed by atoms with E-state index in [0.717, 1.165) is 18.6 Å². The fourth-order valence-corrected chi connectivity index (χ4v) is 1.99. The van der Waals surface area contributed by atoms with Gasteiger partial charge in [0, 0.05) is 0 Å². The van der Waals surface area contributed by atoms with E-state index in [1.165, 1.54) is 0 Å². The van der Waals surface area contributed by atoms with E-state index < -0.39 is 5.97 Å². The van der Waals surface area contributed by atoms with E-state index in [-0.39, 0.29) is 17.5 Å². The monoisotopic (exact) mass is 204 g/mol. The maximum absolute atomic E-state index is 11.3. The number of carbonyl (C=O) groups excluding carboxylic acids is 1. The van der Waals surface area contributed by atoms with Crippen LogP contribution in [0.4, 0.5) is 0 Å². The van der Waals surface area contributed by atoms with Gasteiger partial charge >= 0.3 is 5.97 Å². The largest absolute Gasteiger partial charge is 0.481 e. The second-order valence-corrected chi connectivity index (χ2v) is 4.12. The summed E-state index contributed by atoms with van der Waals surface area (Å²) in [4.78, 5) is 21.6. The highest BCUT2D eigenvalue weighted by Gasteiger charge is 2.18. The molecule has 0 bridgehead atoms. The highest BCUT2D eigenvalue weighted by Crippen LogP contribution is 2.17. The minimum atomic E-state index is -1.03. The number of aliphatic carboxylic acids is 1. The maximum Gasteiger partial charge on any atom is 0.310 e. The van der Waals surface area contributed by atoms with Gasteiger partial charge in [0.05, 0.1) is 5.25 Å². The molecule has 1 unspecified atom stereocenters. The van der Waals surface area contributed by atoms with Crippen molar-refractivity contribution in [3.63, 3.8) is 0 Å². The first-order chi connectivity index (χ1) is 6.11. The fourth-order valence-electron chi connectivity index (χ4n) is 0.961. The second-order valence-electron chi connectivity index (χ2n) is 2.80. The van der Waals surface area contributed by atoms with Crippen molar-refractivity contribution in [3.05, 3.63) is 0 Å². The zero-order valence-corrected chi connectivity index (χ0v) is 8.89. The van der Waals surface area contributed by atoms with Crippen LogP contribution in [0.15, 0.2) is 0 Å². The summed E-state index contributed by atoms with van der Waals surface area (Å²) >= 11 is 1.56. The van der Waals surface area contributed by atoms with Gasteiger partial charge in [-0.25, -0.2) is 0 Å². The average Bonchev–Trinajstić information content (AvgIpc) is 2.04. The van der Waals surface area contributed by atoms with Crippen LogP contribution in [0, 0.1) is 0 Å². The van der Waals surface area contributed by atoms with Crippen molar-refractivity contribution in [2.75, 3.05) is 5.75 Å². The van der Waals surface area contributed by atoms with Crippen molar-refractivity contribution in [2.45, 2.75) is 38.4 Å². The Bertz CT molecular complexity index is 180. The Labute approximate surface area is 82.9 Å². The lowest BCUT2D eigenvalue weighted by molar-refractivity contribution is -0.140. The van der Waals surface area contributed by atoms with Crippen LogP contribution < -0.4 is 0 Å². The number of Topliss-reactive ketones (excluding diaryl/α,β-unsaturated/α-hetero) is 1. The molecule has 0 heterocycles. The number of carboxylic acid groups (broad SMARTS) is 1. The number of thioether (sulfide) groups is 1. The number of hydrogen-bond donors (Lipinski definition) is 1. The molecule has 0 spiro atoms. The predicted octanol–water partition coefficient (Wildman–Crippen LogP) is 1.95. The quantitative estimate of drug-likeness (QED) is 0.644. The number of carbonyl (C=O) groups is 2. The van der Waals surface area contributed by atoms with E-state index in [0.29, 0.717) is 0 Å². The first kappa shape index (κ1) is 12.5. The third kappa shape index (κ3) is 5.69. The molecule has 0 aliphatic carbocycles. The summed E-state index contributed by atoms with van der Waals surface area (Å²) in [6, 6.07) is 0. The normalized spacial score (nSPS) is 12.5. The summed E-state index contributed by atoms with van der Waals surface area (Å²) in [5, 5.41) is 8.29. The summed E-state index contributed by atoms with van der Waals surface area (Å²) in [7, 11) is 0. The van der Waals surface area contributed by atoms with Crippen molar-refractivity contribution < 1.29 is 14.7 Å². The van der Waals surface area contributed by atoms with Crippen molar-refractivity contribution in [1.29, 1.82) is 0 Å². The van der Waals surface area contributed by atoms with E-state index in [1.807, 2.05) is 13.8 Å². The Morgan fingerprint density at radius 1 is 1.38 bits per heavy atom. The first-order valence-electron chi connectivity index (χ1n) is 4.47. The predicted molar refractivity (Wildman–Crippen MR) is 54.1 cm³/mol. The molecule has 1 atom stereocenters. The topological polar surface area (TPSA) is 54.4 Å². The Hall–Kier alpha value is -0.510. The molecule has 0 aromatic carbocycles. The Kier molecular flexibility index (Phi) is 6.68. The molecule has 1 N–H and O–H groups in total. The maximum atomic E-state index is 11.3. The van der Waals surface area contributed by atoms with E-state index in [2.05, 4.69) is 0 Å². The average molecular weight is 204 g/mol. The molecule has 13 heavy (non-hydrogen) atoms. The number of rotatable bonds is 7. The van der Waals surface area contributed by atoms with Crippen LogP contribution in [0.1, 0.15) is 33.1 Å². The fraction of sp³-hybridized carbons (Fsp3) is 0.778. The van der Waals surface area contributed by atoms with Crippen LogP contribution in [0.5, 0.6) is 0 Å². The smallest absolute Gasteiger partial charge is 0.310 e. The van der Waals surface area contributed by atoms with Crippen molar-refractivity contribution in [1.82, 2.24) is 0 Å². The van der Waals surface area contributed by atoms with Gasteiger partial charge in [-0.1, -0.05) is 13.8 Å². The molecular formula is C9H16O3S. The summed E-state index contributed by atoms with van der Waals surface area (Å²) in [6.45, 7) is 3.95. The SMILES string of the molecule is CCCSC(CC)C(=O)CC(=O)O. The van der Waals surface area contributed by atoms with Gasteiger partial charge in [-0.2, -0.15) is 11.8 Å². The number of hydrogen-bond acceptors (Lipinski definition) is 3. The van der Waals surface area contributed by atoms with Gasteiger partial charge in [-0.3, -0.25) is 9.59 Å². The van der Waals surface area contributed by atoms with Gasteiger partial charge in [0.2, 0.25) is 0 Å².